The summed E-state index contributed by atoms with van der Waals surface area (Å²) in [6, 6.07) is 0. The van der Waals surface area contributed by atoms with Gasteiger partial charge in [-0.1, -0.05) is 11.6 Å². The molecule has 0 aromatic carbocycles. The van der Waals surface area contributed by atoms with Gasteiger partial charge in [0.05, 0.1) is 11.7 Å². The Morgan fingerprint density at radius 1 is 1.26 bits per heavy atom. The fraction of sp³-hybridized carbons (Fsp3) is 0.727. The van der Waals surface area contributed by atoms with Gasteiger partial charge >= 0.3 is 6.09 Å². The highest BCUT2D eigenvalue weighted by molar-refractivity contribution is 6.99. The quantitative estimate of drug-likeness (QED) is 0.796. The summed E-state index contributed by atoms with van der Waals surface area (Å²) < 4.78 is 13.4. The third kappa shape index (κ3) is 3.70. The van der Waals surface area contributed by atoms with Gasteiger partial charge in [-0.25, -0.2) is 4.79 Å². The molecule has 1 aliphatic heterocycles. The second kappa shape index (κ2) is 5.50. The number of carbonyl (C=O) groups excluding carboxylic acids is 1. The normalized spacial score (nSPS) is 16.6. The second-order valence-electron chi connectivity index (χ2n) is 5.33. The molecule has 0 aliphatic carbocycles. The maximum absolute atomic E-state index is 11.9. The Morgan fingerprint density at radius 2 is 1.89 bits per heavy atom. The molecular weight excluding hydrogens is 288 g/mol. The summed E-state index contributed by atoms with van der Waals surface area (Å²) in [6.07, 6.45) is -0.269. The SMILES string of the molecule is CC(C)(C)OC(=O)N1CCN(c2nsnc2Cl)CC1. The van der Waals surface area contributed by atoms with Crippen molar-refractivity contribution in [3.05, 3.63) is 5.15 Å². The number of piperazine rings is 1. The van der Waals surface area contributed by atoms with Crippen LogP contribution in [0.2, 0.25) is 5.15 Å². The van der Waals surface area contributed by atoms with E-state index in [1.165, 1.54) is 0 Å². The number of amides is 1. The summed E-state index contributed by atoms with van der Waals surface area (Å²) in [5.41, 5.74) is -0.462. The van der Waals surface area contributed by atoms with E-state index in [4.69, 9.17) is 16.3 Å². The Balaban J connectivity index is 1.89. The Hall–Kier alpha value is -1.08. The van der Waals surface area contributed by atoms with Gasteiger partial charge in [-0.3, -0.25) is 0 Å². The van der Waals surface area contributed by atoms with E-state index in [9.17, 15) is 4.79 Å². The zero-order chi connectivity index (χ0) is 14.0. The molecule has 0 saturated carbocycles. The first-order valence-electron chi connectivity index (χ1n) is 6.08. The lowest BCUT2D eigenvalue weighted by Crippen LogP contribution is -2.50. The number of ether oxygens (including phenoxy) is 1. The zero-order valence-corrected chi connectivity index (χ0v) is 12.8. The van der Waals surface area contributed by atoms with Crippen LogP contribution in [0.3, 0.4) is 0 Å². The Morgan fingerprint density at radius 3 is 2.37 bits per heavy atom. The number of hydrogen-bond donors (Lipinski definition) is 0. The molecule has 0 unspecified atom stereocenters. The van der Waals surface area contributed by atoms with E-state index in [0.717, 1.165) is 11.7 Å². The molecular formula is C11H17ClN4O2S. The predicted molar refractivity (Wildman–Crippen MR) is 74.9 cm³/mol. The summed E-state index contributed by atoms with van der Waals surface area (Å²) in [5.74, 6) is 0.704. The van der Waals surface area contributed by atoms with Gasteiger partial charge < -0.3 is 14.5 Å². The van der Waals surface area contributed by atoms with Crippen molar-refractivity contribution < 1.29 is 9.53 Å². The molecule has 2 heterocycles. The van der Waals surface area contributed by atoms with E-state index in [0.29, 0.717) is 37.1 Å². The number of carbonyl (C=O) groups is 1. The smallest absolute Gasteiger partial charge is 0.410 e. The van der Waals surface area contributed by atoms with Crippen molar-refractivity contribution in [3.63, 3.8) is 0 Å². The second-order valence-corrected chi connectivity index (χ2v) is 6.22. The molecule has 1 aliphatic rings. The summed E-state index contributed by atoms with van der Waals surface area (Å²) in [5, 5.41) is 0.427. The third-order valence-electron chi connectivity index (χ3n) is 2.66. The van der Waals surface area contributed by atoms with Crippen molar-refractivity contribution >= 4 is 35.2 Å². The Kier molecular flexibility index (Phi) is 4.15. The van der Waals surface area contributed by atoms with Crippen LogP contribution in [-0.4, -0.2) is 51.5 Å². The van der Waals surface area contributed by atoms with Gasteiger partial charge in [-0.2, -0.15) is 8.75 Å². The molecule has 2 rings (SSSR count). The van der Waals surface area contributed by atoms with Crippen LogP contribution in [0.25, 0.3) is 0 Å². The van der Waals surface area contributed by atoms with Crippen LogP contribution in [0.5, 0.6) is 0 Å². The van der Waals surface area contributed by atoms with Gasteiger partial charge in [0.25, 0.3) is 0 Å². The number of nitrogens with zero attached hydrogens (tertiary/aromatic N) is 4. The Labute approximate surface area is 121 Å². The lowest BCUT2D eigenvalue weighted by atomic mass is 10.2. The summed E-state index contributed by atoms with van der Waals surface area (Å²) in [6.45, 7) is 8.16. The largest absolute Gasteiger partial charge is 0.444 e. The molecule has 0 N–H and O–H groups in total. The molecule has 1 aromatic heterocycles. The third-order valence-corrected chi connectivity index (χ3v) is 3.54. The fourth-order valence-electron chi connectivity index (χ4n) is 1.79. The first-order valence-corrected chi connectivity index (χ1v) is 7.18. The van der Waals surface area contributed by atoms with Crippen molar-refractivity contribution in [1.82, 2.24) is 13.6 Å². The molecule has 6 nitrogen and oxygen atoms in total. The summed E-state index contributed by atoms with van der Waals surface area (Å²) >= 11 is 7.05. The maximum atomic E-state index is 11.9. The van der Waals surface area contributed by atoms with Gasteiger partial charge in [0.15, 0.2) is 11.0 Å². The van der Waals surface area contributed by atoms with Crippen molar-refractivity contribution in [2.24, 2.45) is 0 Å². The minimum Gasteiger partial charge on any atom is -0.444 e. The number of aromatic nitrogens is 2. The molecule has 0 bridgehead atoms. The fourth-order valence-corrected chi connectivity index (χ4v) is 2.57. The van der Waals surface area contributed by atoms with Crippen LogP contribution in [0.1, 0.15) is 20.8 Å². The van der Waals surface area contributed by atoms with E-state index in [2.05, 4.69) is 8.75 Å². The van der Waals surface area contributed by atoms with Crippen molar-refractivity contribution in [2.75, 3.05) is 31.1 Å². The van der Waals surface area contributed by atoms with E-state index in [1.54, 1.807) is 4.90 Å². The van der Waals surface area contributed by atoms with Crippen LogP contribution in [0, 0.1) is 0 Å². The van der Waals surface area contributed by atoms with E-state index in [-0.39, 0.29) is 6.09 Å². The van der Waals surface area contributed by atoms with E-state index < -0.39 is 5.60 Å². The van der Waals surface area contributed by atoms with E-state index in [1.807, 2.05) is 25.7 Å². The highest BCUT2D eigenvalue weighted by atomic mass is 35.5. The summed E-state index contributed by atoms with van der Waals surface area (Å²) in [7, 11) is 0. The number of anilines is 1. The lowest BCUT2D eigenvalue weighted by molar-refractivity contribution is 0.0240. The predicted octanol–water partition coefficient (Wildman–Crippen LogP) is 2.25. The highest BCUT2D eigenvalue weighted by Gasteiger charge is 2.27. The number of hydrogen-bond acceptors (Lipinski definition) is 6. The van der Waals surface area contributed by atoms with Crippen LogP contribution in [-0.2, 0) is 4.74 Å². The molecule has 0 radical (unpaired) electrons. The maximum Gasteiger partial charge on any atom is 0.410 e. The van der Waals surface area contributed by atoms with Gasteiger partial charge in [-0.05, 0) is 20.8 Å². The van der Waals surface area contributed by atoms with Crippen LogP contribution < -0.4 is 4.90 Å². The van der Waals surface area contributed by atoms with Gasteiger partial charge in [0.1, 0.15) is 5.60 Å². The Bertz CT molecular complexity index is 452. The van der Waals surface area contributed by atoms with Gasteiger partial charge in [0.2, 0.25) is 0 Å². The molecule has 0 atom stereocenters. The standard InChI is InChI=1S/C11H17ClN4O2S/c1-11(2,3)18-10(17)16-6-4-15(5-7-16)9-8(12)13-19-14-9/h4-7H2,1-3H3. The number of rotatable bonds is 1. The minimum atomic E-state index is -0.462. The zero-order valence-electron chi connectivity index (χ0n) is 11.2. The molecule has 1 aromatic rings. The monoisotopic (exact) mass is 304 g/mol. The van der Waals surface area contributed by atoms with Crippen molar-refractivity contribution in [3.8, 4) is 0 Å². The van der Waals surface area contributed by atoms with Gasteiger partial charge in [-0.15, -0.1) is 0 Å². The van der Waals surface area contributed by atoms with E-state index >= 15 is 0 Å². The lowest BCUT2D eigenvalue weighted by Gasteiger charge is -2.35. The van der Waals surface area contributed by atoms with Crippen LogP contribution in [0.15, 0.2) is 0 Å². The topological polar surface area (TPSA) is 58.6 Å². The highest BCUT2D eigenvalue weighted by Crippen LogP contribution is 2.24. The van der Waals surface area contributed by atoms with Crippen LogP contribution >= 0.6 is 23.3 Å². The van der Waals surface area contributed by atoms with Crippen molar-refractivity contribution in [2.45, 2.75) is 26.4 Å². The average Bonchev–Trinajstić information content (AvgIpc) is 2.73. The summed E-state index contributed by atoms with van der Waals surface area (Å²) in [4.78, 5) is 15.6. The van der Waals surface area contributed by atoms with Gasteiger partial charge in [0, 0.05) is 26.2 Å². The molecule has 8 heteroatoms. The average molecular weight is 305 g/mol. The molecule has 0 spiro atoms. The van der Waals surface area contributed by atoms with Crippen molar-refractivity contribution in [1.29, 1.82) is 0 Å². The first-order chi connectivity index (χ1) is 8.87. The minimum absolute atomic E-state index is 0.269. The molecule has 19 heavy (non-hydrogen) atoms. The van der Waals surface area contributed by atoms with Crippen LogP contribution in [0.4, 0.5) is 10.6 Å². The molecule has 1 fully saturated rings. The molecule has 106 valence electrons. The molecule has 1 saturated heterocycles. The molecule has 1 amide bonds. The first kappa shape index (κ1) is 14.3. The number of halogens is 1.